The molecule has 3 nitrogen and oxygen atoms in total. The maximum absolute atomic E-state index is 12.0. The minimum absolute atomic E-state index is 0.0112. The highest BCUT2D eigenvalue weighted by molar-refractivity contribution is 5.83. The van der Waals surface area contributed by atoms with E-state index < -0.39 is 0 Å². The Hall–Kier alpha value is -1.77. The molecule has 0 radical (unpaired) electrons. The van der Waals surface area contributed by atoms with Gasteiger partial charge in [0, 0.05) is 11.9 Å². The van der Waals surface area contributed by atoms with E-state index in [1.165, 1.54) is 25.7 Å². The van der Waals surface area contributed by atoms with Gasteiger partial charge in [0.15, 0.2) is 0 Å². The molecule has 1 aromatic carbocycles. The van der Waals surface area contributed by atoms with E-state index in [0.29, 0.717) is 0 Å². The van der Waals surface area contributed by atoms with E-state index >= 15 is 0 Å². The molecule has 20 heavy (non-hydrogen) atoms. The highest BCUT2D eigenvalue weighted by Gasteiger charge is 2.17. The average Bonchev–Trinajstić information content (AvgIpc) is 2.47. The van der Waals surface area contributed by atoms with Gasteiger partial charge < -0.3 is 10.3 Å². The zero-order valence-corrected chi connectivity index (χ0v) is 12.0. The molecule has 106 valence electrons. The lowest BCUT2D eigenvalue weighted by atomic mass is 9.83. The molecule has 3 rings (SSSR count). The standard InChI is InChI=1S/C17H22N2O/c1-12-6-8-13(9-7-12)11-18-16-10-14-4-2-3-5-15(14)17(20)19-16/h2-5,10,12-13H,6-9,11H2,1H3,(H2,18,19,20). The van der Waals surface area contributed by atoms with E-state index in [2.05, 4.69) is 17.2 Å². The summed E-state index contributed by atoms with van der Waals surface area (Å²) >= 11 is 0. The molecule has 1 heterocycles. The molecule has 1 fully saturated rings. The summed E-state index contributed by atoms with van der Waals surface area (Å²) in [5.74, 6) is 2.46. The molecule has 1 saturated carbocycles. The first kappa shape index (κ1) is 13.2. The molecule has 0 aliphatic heterocycles. The van der Waals surface area contributed by atoms with Crippen LogP contribution in [-0.2, 0) is 0 Å². The molecule has 0 bridgehead atoms. The second-order valence-corrected chi connectivity index (χ2v) is 6.11. The summed E-state index contributed by atoms with van der Waals surface area (Å²) in [6, 6.07) is 9.74. The van der Waals surface area contributed by atoms with Crippen molar-refractivity contribution in [2.24, 2.45) is 11.8 Å². The van der Waals surface area contributed by atoms with Crippen molar-refractivity contribution in [3.05, 3.63) is 40.7 Å². The summed E-state index contributed by atoms with van der Waals surface area (Å²) < 4.78 is 0. The van der Waals surface area contributed by atoms with Gasteiger partial charge in [-0.15, -0.1) is 0 Å². The van der Waals surface area contributed by atoms with Crippen LogP contribution in [0, 0.1) is 11.8 Å². The Morgan fingerprint density at radius 3 is 2.75 bits per heavy atom. The number of anilines is 1. The molecule has 3 heteroatoms. The Bertz CT molecular complexity index is 639. The lowest BCUT2D eigenvalue weighted by Crippen LogP contribution is -2.21. The van der Waals surface area contributed by atoms with Crippen LogP contribution in [0.1, 0.15) is 32.6 Å². The quantitative estimate of drug-likeness (QED) is 0.891. The van der Waals surface area contributed by atoms with Crippen molar-refractivity contribution in [1.82, 2.24) is 4.98 Å². The number of hydrogen-bond acceptors (Lipinski definition) is 2. The largest absolute Gasteiger partial charge is 0.371 e. The van der Waals surface area contributed by atoms with Gasteiger partial charge in [0.05, 0.1) is 0 Å². The fourth-order valence-electron chi connectivity index (χ4n) is 3.09. The number of fused-ring (bicyclic) bond motifs is 1. The summed E-state index contributed by atoms with van der Waals surface area (Å²) in [5.41, 5.74) is -0.0112. The van der Waals surface area contributed by atoms with Crippen LogP contribution in [0.4, 0.5) is 5.82 Å². The van der Waals surface area contributed by atoms with E-state index in [-0.39, 0.29) is 5.56 Å². The molecule has 2 N–H and O–H groups in total. The predicted octanol–water partition coefficient (Wildman–Crippen LogP) is 3.77. The Labute approximate surface area is 119 Å². The Morgan fingerprint density at radius 2 is 1.95 bits per heavy atom. The van der Waals surface area contributed by atoms with Crippen LogP contribution < -0.4 is 10.9 Å². The van der Waals surface area contributed by atoms with Crippen LogP contribution in [0.15, 0.2) is 35.1 Å². The van der Waals surface area contributed by atoms with Crippen LogP contribution in [0.5, 0.6) is 0 Å². The van der Waals surface area contributed by atoms with Gasteiger partial charge >= 0.3 is 0 Å². The van der Waals surface area contributed by atoms with E-state index in [0.717, 1.165) is 35.0 Å². The monoisotopic (exact) mass is 270 g/mol. The van der Waals surface area contributed by atoms with E-state index in [9.17, 15) is 4.79 Å². The highest BCUT2D eigenvalue weighted by atomic mass is 16.1. The van der Waals surface area contributed by atoms with Gasteiger partial charge in [-0.25, -0.2) is 0 Å². The van der Waals surface area contributed by atoms with E-state index in [1.54, 1.807) is 0 Å². The molecular weight excluding hydrogens is 248 g/mol. The number of rotatable bonds is 3. The van der Waals surface area contributed by atoms with Crippen LogP contribution in [0.25, 0.3) is 10.8 Å². The zero-order chi connectivity index (χ0) is 13.9. The molecule has 1 aliphatic carbocycles. The topological polar surface area (TPSA) is 44.9 Å². The fourth-order valence-corrected chi connectivity index (χ4v) is 3.09. The van der Waals surface area contributed by atoms with Crippen molar-refractivity contribution in [2.45, 2.75) is 32.6 Å². The Morgan fingerprint density at radius 1 is 1.20 bits per heavy atom. The molecule has 0 atom stereocenters. The second-order valence-electron chi connectivity index (χ2n) is 6.11. The molecular formula is C17H22N2O. The molecule has 0 spiro atoms. The highest BCUT2D eigenvalue weighted by Crippen LogP contribution is 2.28. The van der Waals surface area contributed by atoms with Gasteiger partial charge in [-0.1, -0.05) is 38.0 Å². The normalized spacial score (nSPS) is 22.9. The molecule has 2 aromatic rings. The molecule has 1 aromatic heterocycles. The number of nitrogens with one attached hydrogen (secondary N) is 2. The van der Waals surface area contributed by atoms with Crippen molar-refractivity contribution < 1.29 is 0 Å². The fraction of sp³-hybridized carbons (Fsp3) is 0.471. The summed E-state index contributed by atoms with van der Waals surface area (Å²) in [6.45, 7) is 3.30. The third-order valence-electron chi connectivity index (χ3n) is 4.47. The van der Waals surface area contributed by atoms with Crippen LogP contribution in [-0.4, -0.2) is 11.5 Å². The lowest BCUT2D eigenvalue weighted by molar-refractivity contribution is 0.300. The van der Waals surface area contributed by atoms with Gasteiger partial charge in [0.2, 0.25) is 0 Å². The van der Waals surface area contributed by atoms with E-state index in [4.69, 9.17) is 0 Å². The second kappa shape index (κ2) is 5.70. The number of hydrogen-bond donors (Lipinski definition) is 2. The maximum Gasteiger partial charge on any atom is 0.257 e. The molecule has 0 amide bonds. The molecule has 0 unspecified atom stereocenters. The minimum atomic E-state index is -0.0112. The van der Waals surface area contributed by atoms with Crippen molar-refractivity contribution in [1.29, 1.82) is 0 Å². The van der Waals surface area contributed by atoms with Crippen LogP contribution >= 0.6 is 0 Å². The third-order valence-corrected chi connectivity index (χ3v) is 4.47. The average molecular weight is 270 g/mol. The smallest absolute Gasteiger partial charge is 0.257 e. The first-order chi connectivity index (χ1) is 9.72. The molecule has 0 saturated heterocycles. The Kier molecular flexibility index (Phi) is 3.77. The van der Waals surface area contributed by atoms with E-state index in [1.807, 2.05) is 30.3 Å². The summed E-state index contributed by atoms with van der Waals surface area (Å²) in [6.07, 6.45) is 5.26. The van der Waals surface area contributed by atoms with Crippen LogP contribution in [0.2, 0.25) is 0 Å². The molecule has 1 aliphatic rings. The zero-order valence-electron chi connectivity index (χ0n) is 12.0. The lowest BCUT2D eigenvalue weighted by Gasteiger charge is -2.26. The summed E-state index contributed by atoms with van der Waals surface area (Å²) in [7, 11) is 0. The van der Waals surface area contributed by atoms with Crippen molar-refractivity contribution in [3.8, 4) is 0 Å². The van der Waals surface area contributed by atoms with Gasteiger partial charge in [0.1, 0.15) is 5.82 Å². The number of aromatic nitrogens is 1. The van der Waals surface area contributed by atoms with Crippen molar-refractivity contribution in [2.75, 3.05) is 11.9 Å². The van der Waals surface area contributed by atoms with Crippen molar-refractivity contribution >= 4 is 16.6 Å². The number of H-pyrrole nitrogens is 1. The minimum Gasteiger partial charge on any atom is -0.371 e. The third kappa shape index (κ3) is 2.87. The van der Waals surface area contributed by atoms with Crippen molar-refractivity contribution in [3.63, 3.8) is 0 Å². The number of benzene rings is 1. The number of pyridine rings is 1. The van der Waals surface area contributed by atoms with Gasteiger partial charge in [-0.2, -0.15) is 0 Å². The first-order valence-electron chi connectivity index (χ1n) is 7.58. The predicted molar refractivity (Wildman–Crippen MR) is 84.2 cm³/mol. The summed E-state index contributed by atoms with van der Waals surface area (Å²) in [4.78, 5) is 14.9. The summed E-state index contributed by atoms with van der Waals surface area (Å²) in [5, 5.41) is 5.16. The number of aromatic amines is 1. The Balaban J connectivity index is 1.70. The maximum atomic E-state index is 12.0. The van der Waals surface area contributed by atoms with Crippen LogP contribution in [0.3, 0.4) is 0 Å². The van der Waals surface area contributed by atoms with Gasteiger partial charge in [-0.3, -0.25) is 4.79 Å². The SMILES string of the molecule is CC1CCC(CNc2cc3ccccc3c(=O)[nH]2)CC1. The van der Waals surface area contributed by atoms with Gasteiger partial charge in [-0.05, 0) is 42.2 Å². The first-order valence-corrected chi connectivity index (χ1v) is 7.58. The van der Waals surface area contributed by atoms with Gasteiger partial charge in [0.25, 0.3) is 5.56 Å².